The quantitative estimate of drug-likeness (QED) is 0.273. The number of nitrogens with one attached hydrogen (secondary N) is 1. The number of benzene rings is 4. The summed E-state index contributed by atoms with van der Waals surface area (Å²) in [5.41, 5.74) is 4.64. The molecule has 0 radical (unpaired) electrons. The number of nitrogens with zero attached hydrogens (tertiary/aromatic N) is 4. The molecule has 2 aliphatic heterocycles. The molecule has 5 aromatic rings. The number of anilines is 2. The van der Waals surface area contributed by atoms with Crippen molar-refractivity contribution in [3.63, 3.8) is 0 Å². The Bertz CT molecular complexity index is 1870. The van der Waals surface area contributed by atoms with Crippen molar-refractivity contribution >= 4 is 34.7 Å². The van der Waals surface area contributed by atoms with Gasteiger partial charge in [0.1, 0.15) is 11.2 Å². The molecule has 0 bridgehead atoms. The van der Waals surface area contributed by atoms with Crippen LogP contribution in [0.5, 0.6) is 0 Å². The van der Waals surface area contributed by atoms with Gasteiger partial charge in [0.05, 0.1) is 28.7 Å². The highest BCUT2D eigenvalue weighted by atomic mass is 35.5. The maximum absolute atomic E-state index is 14.7. The van der Waals surface area contributed by atoms with Crippen molar-refractivity contribution in [2.45, 2.75) is 5.41 Å². The third-order valence-electron chi connectivity index (χ3n) is 7.72. The lowest BCUT2D eigenvalue weighted by atomic mass is 9.66. The summed E-state index contributed by atoms with van der Waals surface area (Å²) < 4.78 is 1.83. The van der Waals surface area contributed by atoms with E-state index in [2.05, 4.69) is 11.4 Å². The van der Waals surface area contributed by atoms with Gasteiger partial charge in [-0.1, -0.05) is 90.5 Å². The summed E-state index contributed by atoms with van der Waals surface area (Å²) in [5, 5.41) is 20.1. The maximum atomic E-state index is 14.7. The average molecular weight is 540 g/mol. The minimum absolute atomic E-state index is 0.204. The minimum atomic E-state index is -1.42. The van der Waals surface area contributed by atoms with E-state index < -0.39 is 5.41 Å². The van der Waals surface area contributed by atoms with Crippen molar-refractivity contribution < 1.29 is 4.79 Å². The lowest BCUT2D eigenvalue weighted by Gasteiger charge is -2.35. The zero-order valence-corrected chi connectivity index (χ0v) is 22.2. The summed E-state index contributed by atoms with van der Waals surface area (Å²) in [6.45, 7) is 0. The molecule has 3 heterocycles. The fourth-order valence-corrected chi connectivity index (χ4v) is 6.08. The Morgan fingerprint density at radius 3 is 2.20 bits per heavy atom. The molecule has 1 atom stereocenters. The highest BCUT2D eigenvalue weighted by Gasteiger charge is 2.60. The molecule has 0 saturated heterocycles. The Labute approximate surface area is 236 Å². The van der Waals surface area contributed by atoms with Crippen molar-refractivity contribution in [1.82, 2.24) is 9.78 Å². The Hall–Kier alpha value is -5.12. The number of para-hydroxylation sites is 2. The largest absolute Gasteiger partial charge is 0.338 e. The molecule has 2 aliphatic rings. The zero-order valence-electron chi connectivity index (χ0n) is 21.5. The van der Waals surface area contributed by atoms with E-state index in [9.17, 15) is 10.1 Å². The molecule has 1 amide bonds. The SMILES string of the molecule is CN1C(=O)C2(C(C#N)=C(c3ccc(Cl)cc3)Nc3c2c(-c2ccccc2)nn3-c2ccccc2)c2ccccc21. The molecule has 1 unspecified atom stereocenters. The molecule has 1 N–H and O–H groups in total. The molecule has 1 spiro atoms. The second-order valence-corrected chi connectivity index (χ2v) is 10.2. The molecule has 7 heteroatoms. The predicted octanol–water partition coefficient (Wildman–Crippen LogP) is 6.82. The Morgan fingerprint density at radius 2 is 1.50 bits per heavy atom. The van der Waals surface area contributed by atoms with E-state index >= 15 is 0 Å². The number of likely N-dealkylation sites (N-methyl/N-ethyl adjacent to an activating group) is 1. The standard InChI is InChI=1S/C33H22ClN5O/c1-38-27-15-9-8-14-25(27)33(32(38)40)26(20-35)29(22-16-18-23(34)19-17-22)36-31-28(33)30(21-10-4-2-5-11-21)37-39(31)24-12-6-3-7-13-24/h2-19,36H,1H3. The molecule has 192 valence electrons. The summed E-state index contributed by atoms with van der Waals surface area (Å²) >= 11 is 6.23. The molecule has 0 fully saturated rings. The van der Waals surface area contributed by atoms with Crippen LogP contribution < -0.4 is 10.2 Å². The van der Waals surface area contributed by atoms with Gasteiger partial charge in [0.15, 0.2) is 0 Å². The van der Waals surface area contributed by atoms with Gasteiger partial charge in [-0.05, 0) is 35.9 Å². The molecule has 4 aromatic carbocycles. The van der Waals surface area contributed by atoms with Crippen LogP contribution in [-0.4, -0.2) is 22.7 Å². The summed E-state index contributed by atoms with van der Waals surface area (Å²) in [4.78, 5) is 16.3. The van der Waals surface area contributed by atoms with Crippen molar-refractivity contribution in [3.05, 3.63) is 136 Å². The van der Waals surface area contributed by atoms with Gasteiger partial charge in [-0.25, -0.2) is 4.68 Å². The van der Waals surface area contributed by atoms with E-state index in [4.69, 9.17) is 16.7 Å². The fraction of sp³-hybridized carbons (Fsp3) is 0.0606. The van der Waals surface area contributed by atoms with Crippen molar-refractivity contribution in [3.8, 4) is 23.0 Å². The number of fused-ring (bicyclic) bond motifs is 4. The van der Waals surface area contributed by atoms with Crippen LogP contribution in [0.1, 0.15) is 16.7 Å². The number of nitriles is 1. The van der Waals surface area contributed by atoms with Crippen LogP contribution in [0, 0.1) is 11.3 Å². The maximum Gasteiger partial charge on any atom is 0.247 e. The van der Waals surface area contributed by atoms with Gasteiger partial charge in [-0.3, -0.25) is 4.79 Å². The van der Waals surface area contributed by atoms with Crippen LogP contribution in [-0.2, 0) is 10.2 Å². The molecular weight excluding hydrogens is 518 g/mol. The first-order valence-corrected chi connectivity index (χ1v) is 13.2. The van der Waals surface area contributed by atoms with E-state index in [1.54, 1.807) is 24.1 Å². The topological polar surface area (TPSA) is 74.0 Å². The van der Waals surface area contributed by atoms with Crippen LogP contribution in [0.4, 0.5) is 11.5 Å². The van der Waals surface area contributed by atoms with E-state index in [1.165, 1.54) is 0 Å². The number of hydrogen-bond donors (Lipinski definition) is 1. The normalized spacial score (nSPS) is 17.4. The number of amides is 1. The van der Waals surface area contributed by atoms with Gasteiger partial charge in [-0.15, -0.1) is 0 Å². The first kappa shape index (κ1) is 24.0. The fourth-order valence-electron chi connectivity index (χ4n) is 5.95. The van der Waals surface area contributed by atoms with Gasteiger partial charge in [0.2, 0.25) is 5.91 Å². The molecule has 1 aromatic heterocycles. The highest BCUT2D eigenvalue weighted by Crippen LogP contribution is 2.58. The van der Waals surface area contributed by atoms with E-state index in [1.807, 2.05) is 102 Å². The summed E-state index contributed by atoms with van der Waals surface area (Å²) in [6.07, 6.45) is 0. The number of carbonyl (C=O) groups is 1. The van der Waals surface area contributed by atoms with Crippen LogP contribution in [0.15, 0.2) is 115 Å². The molecule has 40 heavy (non-hydrogen) atoms. The zero-order chi connectivity index (χ0) is 27.4. The number of rotatable bonds is 3. The second-order valence-electron chi connectivity index (χ2n) is 9.81. The van der Waals surface area contributed by atoms with Gasteiger partial charge in [-0.2, -0.15) is 10.4 Å². The van der Waals surface area contributed by atoms with Gasteiger partial charge < -0.3 is 10.2 Å². The van der Waals surface area contributed by atoms with Crippen LogP contribution in [0.3, 0.4) is 0 Å². The van der Waals surface area contributed by atoms with Crippen molar-refractivity contribution in [2.75, 3.05) is 17.3 Å². The molecule has 7 rings (SSSR count). The number of halogens is 1. The second kappa shape index (κ2) is 8.98. The summed E-state index contributed by atoms with van der Waals surface area (Å²) in [5.74, 6) is 0.428. The van der Waals surface area contributed by atoms with Crippen molar-refractivity contribution in [1.29, 1.82) is 5.26 Å². The summed E-state index contributed by atoms with van der Waals surface area (Å²) in [7, 11) is 1.76. The van der Waals surface area contributed by atoms with E-state index in [0.717, 1.165) is 28.1 Å². The van der Waals surface area contributed by atoms with Crippen LogP contribution in [0.2, 0.25) is 5.02 Å². The molecule has 0 saturated carbocycles. The molecular formula is C33H22ClN5O. The average Bonchev–Trinajstić information content (AvgIpc) is 3.49. The van der Waals surface area contributed by atoms with Gasteiger partial charge in [0.25, 0.3) is 0 Å². The lowest BCUT2D eigenvalue weighted by Crippen LogP contribution is -2.44. The van der Waals surface area contributed by atoms with E-state index in [0.29, 0.717) is 33.4 Å². The Kier molecular flexibility index (Phi) is 5.38. The number of carbonyl (C=O) groups excluding carboxylic acids is 1. The molecule has 6 nitrogen and oxygen atoms in total. The predicted molar refractivity (Wildman–Crippen MR) is 157 cm³/mol. The Morgan fingerprint density at radius 1 is 0.850 bits per heavy atom. The minimum Gasteiger partial charge on any atom is -0.338 e. The van der Waals surface area contributed by atoms with Crippen molar-refractivity contribution in [2.24, 2.45) is 0 Å². The molecule has 0 aliphatic carbocycles. The van der Waals surface area contributed by atoms with Crippen LogP contribution >= 0.6 is 11.6 Å². The number of aromatic nitrogens is 2. The van der Waals surface area contributed by atoms with Crippen LogP contribution in [0.25, 0.3) is 22.6 Å². The smallest absolute Gasteiger partial charge is 0.247 e. The number of hydrogen-bond acceptors (Lipinski definition) is 4. The monoisotopic (exact) mass is 539 g/mol. The Balaban J connectivity index is 1.67. The summed E-state index contributed by atoms with van der Waals surface area (Å²) in [6, 6.07) is 37.0. The van der Waals surface area contributed by atoms with Gasteiger partial charge >= 0.3 is 0 Å². The third-order valence-corrected chi connectivity index (χ3v) is 7.97. The lowest BCUT2D eigenvalue weighted by molar-refractivity contribution is -0.120. The van der Waals surface area contributed by atoms with E-state index in [-0.39, 0.29) is 5.91 Å². The third kappa shape index (κ3) is 3.22. The first-order valence-electron chi connectivity index (χ1n) is 12.9. The van der Waals surface area contributed by atoms with Gasteiger partial charge in [0, 0.05) is 34.4 Å². The highest BCUT2D eigenvalue weighted by molar-refractivity contribution is 6.30. The first-order chi connectivity index (χ1) is 19.6.